The van der Waals surface area contributed by atoms with E-state index in [1.807, 2.05) is 0 Å². The summed E-state index contributed by atoms with van der Waals surface area (Å²) in [6, 6.07) is 0. The van der Waals surface area contributed by atoms with Gasteiger partial charge in [0.2, 0.25) is 0 Å². The molecule has 0 aromatic heterocycles. The lowest BCUT2D eigenvalue weighted by atomic mass is 9.87. The minimum absolute atomic E-state index is 0.712. The van der Waals surface area contributed by atoms with Crippen molar-refractivity contribution in [1.29, 1.82) is 0 Å². The molecule has 0 saturated heterocycles. The van der Waals surface area contributed by atoms with Crippen molar-refractivity contribution in [2.45, 2.75) is 44.3 Å². The van der Waals surface area contributed by atoms with Crippen LogP contribution >= 0.6 is 12.6 Å². The number of thiol groups is 1. The molecular weight excluding hydrogens is 128 g/mol. The van der Waals surface area contributed by atoms with Crippen LogP contribution in [0.5, 0.6) is 0 Å². The second kappa shape index (κ2) is 3.50. The van der Waals surface area contributed by atoms with Crippen LogP contribution < -0.4 is 0 Å². The number of rotatable bonds is 1. The Morgan fingerprint density at radius 1 is 1.33 bits per heavy atom. The number of hydrogen-bond donors (Lipinski definition) is 1. The molecule has 0 aromatic carbocycles. The minimum atomic E-state index is 0.712. The van der Waals surface area contributed by atoms with Gasteiger partial charge in [-0.05, 0) is 18.8 Å². The molecular formula is C8H16S. The first-order chi connectivity index (χ1) is 4.34. The van der Waals surface area contributed by atoms with Crippen LogP contribution in [-0.2, 0) is 0 Å². The first kappa shape index (κ1) is 7.46. The van der Waals surface area contributed by atoms with Crippen LogP contribution in [0.1, 0.15) is 39.0 Å². The molecule has 0 bridgehead atoms. The summed E-state index contributed by atoms with van der Waals surface area (Å²) in [5.41, 5.74) is 0. The minimum Gasteiger partial charge on any atom is -0.176 e. The van der Waals surface area contributed by atoms with E-state index in [2.05, 4.69) is 19.6 Å². The summed E-state index contributed by atoms with van der Waals surface area (Å²) in [5, 5.41) is 0.712. The molecule has 1 saturated carbocycles. The summed E-state index contributed by atoms with van der Waals surface area (Å²) in [5.74, 6) is 0.919. The van der Waals surface area contributed by atoms with Crippen molar-refractivity contribution in [2.24, 2.45) is 5.92 Å². The molecule has 0 N–H and O–H groups in total. The van der Waals surface area contributed by atoms with Crippen LogP contribution in [0.15, 0.2) is 0 Å². The molecule has 0 aliphatic heterocycles. The van der Waals surface area contributed by atoms with Gasteiger partial charge in [-0.25, -0.2) is 0 Å². The van der Waals surface area contributed by atoms with Crippen molar-refractivity contribution in [3.63, 3.8) is 0 Å². The maximum absolute atomic E-state index is 4.54. The molecule has 1 rings (SSSR count). The quantitative estimate of drug-likeness (QED) is 0.537. The van der Waals surface area contributed by atoms with E-state index in [1.54, 1.807) is 0 Å². The molecule has 0 aromatic rings. The largest absolute Gasteiger partial charge is 0.176 e. The van der Waals surface area contributed by atoms with E-state index in [1.165, 1.54) is 32.1 Å². The van der Waals surface area contributed by atoms with Gasteiger partial charge in [-0.2, -0.15) is 12.6 Å². The van der Waals surface area contributed by atoms with Crippen LogP contribution in [0.4, 0.5) is 0 Å². The average molecular weight is 144 g/mol. The van der Waals surface area contributed by atoms with Crippen molar-refractivity contribution in [2.75, 3.05) is 0 Å². The Morgan fingerprint density at radius 3 is 2.44 bits per heavy atom. The number of hydrogen-bond acceptors (Lipinski definition) is 1. The van der Waals surface area contributed by atoms with Crippen molar-refractivity contribution >= 4 is 12.6 Å². The van der Waals surface area contributed by atoms with E-state index >= 15 is 0 Å². The zero-order valence-electron chi connectivity index (χ0n) is 6.14. The van der Waals surface area contributed by atoms with E-state index in [0.717, 1.165) is 5.92 Å². The van der Waals surface area contributed by atoms with Gasteiger partial charge in [-0.1, -0.05) is 26.2 Å². The second-order valence-corrected chi connectivity index (χ2v) is 3.68. The van der Waals surface area contributed by atoms with Gasteiger partial charge >= 0.3 is 0 Å². The third-order valence-electron chi connectivity index (χ3n) is 2.39. The molecule has 1 heteroatoms. The smallest absolute Gasteiger partial charge is 0.00449 e. The van der Waals surface area contributed by atoms with E-state index in [0.29, 0.717) is 5.25 Å². The van der Waals surface area contributed by atoms with Gasteiger partial charge in [0.25, 0.3) is 0 Å². The van der Waals surface area contributed by atoms with E-state index in [9.17, 15) is 0 Å². The maximum Gasteiger partial charge on any atom is 0.00449 e. The lowest BCUT2D eigenvalue weighted by Gasteiger charge is -2.26. The van der Waals surface area contributed by atoms with E-state index in [-0.39, 0.29) is 0 Å². The van der Waals surface area contributed by atoms with Crippen molar-refractivity contribution in [3.8, 4) is 0 Å². The molecule has 1 aliphatic carbocycles. The molecule has 1 fully saturated rings. The van der Waals surface area contributed by atoms with Gasteiger partial charge in [-0.3, -0.25) is 0 Å². The Morgan fingerprint density at radius 2 is 2.00 bits per heavy atom. The monoisotopic (exact) mass is 144 g/mol. The highest BCUT2D eigenvalue weighted by Crippen LogP contribution is 2.29. The first-order valence-electron chi connectivity index (χ1n) is 4.02. The Balaban J connectivity index is 2.30. The summed E-state index contributed by atoms with van der Waals surface area (Å²) in [6.45, 7) is 2.28. The standard InChI is InChI=1S/C8H16S/c1-2-7-5-3-4-6-8(7)9/h7-9H,2-6H2,1H3. The predicted octanol–water partition coefficient (Wildman–Crippen LogP) is 2.89. The maximum atomic E-state index is 4.54. The molecule has 0 nitrogen and oxygen atoms in total. The van der Waals surface area contributed by atoms with Crippen LogP contribution in [0.2, 0.25) is 0 Å². The summed E-state index contributed by atoms with van der Waals surface area (Å²) in [6.07, 6.45) is 6.95. The van der Waals surface area contributed by atoms with Crippen LogP contribution in [0.25, 0.3) is 0 Å². The highest BCUT2D eigenvalue weighted by Gasteiger charge is 2.19. The fourth-order valence-corrected chi connectivity index (χ4v) is 2.21. The SMILES string of the molecule is CCC1CCCCC1S. The van der Waals surface area contributed by atoms with E-state index in [4.69, 9.17) is 0 Å². The molecule has 54 valence electrons. The first-order valence-corrected chi connectivity index (χ1v) is 4.54. The lowest BCUT2D eigenvalue weighted by Crippen LogP contribution is -2.18. The third kappa shape index (κ3) is 1.89. The van der Waals surface area contributed by atoms with Crippen LogP contribution in [0, 0.1) is 5.92 Å². The predicted molar refractivity (Wildman–Crippen MR) is 45.0 cm³/mol. The topological polar surface area (TPSA) is 0 Å². The zero-order chi connectivity index (χ0) is 6.69. The molecule has 2 atom stereocenters. The Kier molecular flexibility index (Phi) is 2.90. The zero-order valence-corrected chi connectivity index (χ0v) is 7.03. The Hall–Kier alpha value is 0.350. The molecule has 1 aliphatic rings. The summed E-state index contributed by atoms with van der Waals surface area (Å²) in [7, 11) is 0. The molecule has 0 spiro atoms. The average Bonchev–Trinajstić information content (AvgIpc) is 1.89. The highest BCUT2D eigenvalue weighted by atomic mass is 32.1. The van der Waals surface area contributed by atoms with Gasteiger partial charge in [0.05, 0.1) is 0 Å². The Bertz CT molecular complexity index is 80.6. The molecule has 2 unspecified atom stereocenters. The summed E-state index contributed by atoms with van der Waals surface area (Å²) < 4.78 is 0. The van der Waals surface area contributed by atoms with E-state index < -0.39 is 0 Å². The van der Waals surface area contributed by atoms with Gasteiger partial charge in [0.15, 0.2) is 0 Å². The van der Waals surface area contributed by atoms with Gasteiger partial charge in [0, 0.05) is 5.25 Å². The van der Waals surface area contributed by atoms with Gasteiger partial charge in [-0.15, -0.1) is 0 Å². The molecule has 0 heterocycles. The summed E-state index contributed by atoms with van der Waals surface area (Å²) >= 11 is 4.54. The van der Waals surface area contributed by atoms with Gasteiger partial charge < -0.3 is 0 Å². The third-order valence-corrected chi connectivity index (χ3v) is 3.07. The molecule has 0 amide bonds. The van der Waals surface area contributed by atoms with Crippen molar-refractivity contribution in [3.05, 3.63) is 0 Å². The van der Waals surface area contributed by atoms with Crippen molar-refractivity contribution in [1.82, 2.24) is 0 Å². The van der Waals surface area contributed by atoms with Crippen molar-refractivity contribution < 1.29 is 0 Å². The second-order valence-electron chi connectivity index (χ2n) is 3.02. The van der Waals surface area contributed by atoms with Crippen LogP contribution in [0.3, 0.4) is 0 Å². The normalized spacial score (nSPS) is 36.7. The van der Waals surface area contributed by atoms with Crippen LogP contribution in [-0.4, -0.2) is 5.25 Å². The Labute approximate surface area is 63.4 Å². The van der Waals surface area contributed by atoms with Gasteiger partial charge in [0.1, 0.15) is 0 Å². The fraction of sp³-hybridized carbons (Fsp3) is 1.00. The fourth-order valence-electron chi connectivity index (χ4n) is 1.66. The summed E-state index contributed by atoms with van der Waals surface area (Å²) in [4.78, 5) is 0. The molecule has 0 radical (unpaired) electrons. The molecule has 9 heavy (non-hydrogen) atoms. The highest BCUT2D eigenvalue weighted by molar-refractivity contribution is 7.81. The lowest BCUT2D eigenvalue weighted by molar-refractivity contribution is 0.363.